The monoisotopic (exact) mass is 354 g/mol. The molecule has 0 radical (unpaired) electrons. The quantitative estimate of drug-likeness (QED) is 0.813. The van der Waals surface area contributed by atoms with Crippen LogP contribution in [0.4, 0.5) is 4.39 Å². The molecule has 0 aliphatic carbocycles. The Kier molecular flexibility index (Phi) is 9.50. The summed E-state index contributed by atoms with van der Waals surface area (Å²) in [5.74, 6) is -0.289. The molecular formula is C15H22Cl3FN2. The van der Waals surface area contributed by atoms with Gasteiger partial charge in [0.05, 0.1) is 0 Å². The van der Waals surface area contributed by atoms with Gasteiger partial charge in [-0.3, -0.25) is 4.90 Å². The Morgan fingerprint density at radius 2 is 2.00 bits per heavy atom. The first-order valence-corrected chi connectivity index (χ1v) is 7.00. The number of hydrogen-bond acceptors (Lipinski definition) is 2. The summed E-state index contributed by atoms with van der Waals surface area (Å²) >= 11 is 6.21. The van der Waals surface area contributed by atoms with Gasteiger partial charge in [0, 0.05) is 37.2 Å². The first-order chi connectivity index (χ1) is 9.08. The maximum absolute atomic E-state index is 13.2. The van der Waals surface area contributed by atoms with Gasteiger partial charge in [-0.15, -0.1) is 31.4 Å². The van der Waals surface area contributed by atoms with Crippen LogP contribution in [0.2, 0.25) is 5.02 Å². The fraction of sp³-hybridized carbons (Fsp3) is 0.467. The molecule has 1 saturated heterocycles. The van der Waals surface area contributed by atoms with Crippen LogP contribution in [0.5, 0.6) is 0 Å². The lowest BCUT2D eigenvalue weighted by molar-refractivity contribution is 0.172. The Morgan fingerprint density at radius 1 is 1.38 bits per heavy atom. The molecule has 0 spiro atoms. The number of benzene rings is 1. The molecule has 1 aliphatic rings. The van der Waals surface area contributed by atoms with Crippen LogP contribution in [0.3, 0.4) is 0 Å². The molecule has 0 unspecified atom stereocenters. The smallest absolute Gasteiger partial charge is 0.124 e. The molecule has 2 nitrogen and oxygen atoms in total. The number of halogens is 4. The van der Waals surface area contributed by atoms with Crippen LogP contribution in [0.25, 0.3) is 0 Å². The van der Waals surface area contributed by atoms with Crippen molar-refractivity contribution in [2.75, 3.05) is 26.2 Å². The van der Waals surface area contributed by atoms with Gasteiger partial charge in [0.25, 0.3) is 0 Å². The van der Waals surface area contributed by atoms with E-state index in [0.29, 0.717) is 5.02 Å². The number of piperazine rings is 1. The van der Waals surface area contributed by atoms with Crippen molar-refractivity contribution >= 4 is 36.4 Å². The lowest BCUT2D eigenvalue weighted by Gasteiger charge is -2.35. The molecule has 120 valence electrons. The summed E-state index contributed by atoms with van der Waals surface area (Å²) in [6, 6.07) is 4.86. The van der Waals surface area contributed by atoms with Crippen molar-refractivity contribution < 1.29 is 4.39 Å². The highest BCUT2D eigenvalue weighted by Crippen LogP contribution is 2.32. The van der Waals surface area contributed by atoms with E-state index < -0.39 is 0 Å². The summed E-state index contributed by atoms with van der Waals surface area (Å²) in [7, 11) is 0. The zero-order valence-electron chi connectivity index (χ0n) is 12.1. The van der Waals surface area contributed by atoms with Gasteiger partial charge in [-0.05, 0) is 31.0 Å². The lowest BCUT2D eigenvalue weighted by atomic mass is 9.98. The molecule has 1 aliphatic heterocycles. The van der Waals surface area contributed by atoms with Gasteiger partial charge >= 0.3 is 0 Å². The van der Waals surface area contributed by atoms with Crippen molar-refractivity contribution in [3.8, 4) is 0 Å². The lowest BCUT2D eigenvalue weighted by Crippen LogP contribution is -2.45. The van der Waals surface area contributed by atoms with Crippen molar-refractivity contribution in [1.82, 2.24) is 10.2 Å². The summed E-state index contributed by atoms with van der Waals surface area (Å²) in [5.41, 5.74) is 2.11. The van der Waals surface area contributed by atoms with Crippen LogP contribution in [-0.2, 0) is 0 Å². The number of hydrogen-bond donors (Lipinski definition) is 1. The molecule has 0 amide bonds. The molecule has 1 heterocycles. The van der Waals surface area contributed by atoms with E-state index in [2.05, 4.69) is 16.8 Å². The molecule has 0 aromatic heterocycles. The standard InChI is InChI=1S/C15H20ClFN2.2ClH/c1-11(2)9-15(19-7-5-18-6-8-19)13-4-3-12(17)10-14(13)16;;/h3-4,10,15,18H,1,5-9H2,2H3;2*1H/t15-;;/m0../s1. The topological polar surface area (TPSA) is 15.3 Å². The Balaban J connectivity index is 0.00000200. The van der Waals surface area contributed by atoms with Gasteiger partial charge in [0.15, 0.2) is 0 Å². The van der Waals surface area contributed by atoms with Gasteiger partial charge in [-0.25, -0.2) is 4.39 Å². The average molecular weight is 356 g/mol. The molecule has 0 saturated carbocycles. The first-order valence-electron chi connectivity index (χ1n) is 6.62. The van der Waals surface area contributed by atoms with Crippen LogP contribution in [0, 0.1) is 5.82 Å². The van der Waals surface area contributed by atoms with Crippen molar-refractivity contribution in [2.24, 2.45) is 0 Å². The van der Waals surface area contributed by atoms with E-state index in [0.717, 1.165) is 43.7 Å². The van der Waals surface area contributed by atoms with E-state index in [9.17, 15) is 4.39 Å². The molecular weight excluding hydrogens is 334 g/mol. The van der Waals surface area contributed by atoms with Crippen LogP contribution < -0.4 is 5.32 Å². The van der Waals surface area contributed by atoms with Crippen LogP contribution in [-0.4, -0.2) is 31.1 Å². The van der Waals surface area contributed by atoms with Crippen molar-refractivity contribution in [2.45, 2.75) is 19.4 Å². The van der Waals surface area contributed by atoms with Crippen molar-refractivity contribution in [3.63, 3.8) is 0 Å². The SMILES string of the molecule is C=C(C)C[C@@H](c1ccc(F)cc1Cl)N1CCNCC1.Cl.Cl. The third-order valence-corrected chi connectivity index (χ3v) is 3.78. The Hall–Kier alpha value is -0.320. The predicted octanol–water partition coefficient (Wildman–Crippen LogP) is 4.24. The van der Waals surface area contributed by atoms with Gasteiger partial charge in [-0.1, -0.05) is 23.2 Å². The van der Waals surface area contributed by atoms with Crippen LogP contribution in [0.15, 0.2) is 30.4 Å². The Labute approximate surface area is 143 Å². The summed E-state index contributed by atoms with van der Waals surface area (Å²) in [4.78, 5) is 2.39. The zero-order chi connectivity index (χ0) is 13.8. The number of rotatable bonds is 4. The molecule has 2 rings (SSSR count). The number of nitrogens with one attached hydrogen (secondary N) is 1. The highest BCUT2D eigenvalue weighted by atomic mass is 35.5. The maximum atomic E-state index is 13.2. The minimum atomic E-state index is -0.289. The highest BCUT2D eigenvalue weighted by Gasteiger charge is 2.24. The van der Waals surface area contributed by atoms with Crippen LogP contribution in [0.1, 0.15) is 24.9 Å². The van der Waals surface area contributed by atoms with Crippen molar-refractivity contribution in [1.29, 1.82) is 0 Å². The highest BCUT2D eigenvalue weighted by molar-refractivity contribution is 6.31. The molecule has 0 bridgehead atoms. The fourth-order valence-corrected chi connectivity index (χ4v) is 2.82. The molecule has 1 aromatic rings. The first kappa shape index (κ1) is 20.7. The van der Waals surface area contributed by atoms with E-state index in [1.165, 1.54) is 12.1 Å². The molecule has 21 heavy (non-hydrogen) atoms. The average Bonchev–Trinajstić information content (AvgIpc) is 2.37. The van der Waals surface area contributed by atoms with Crippen molar-refractivity contribution in [3.05, 3.63) is 46.8 Å². The van der Waals surface area contributed by atoms with E-state index in [1.54, 1.807) is 6.07 Å². The molecule has 1 atom stereocenters. The normalized spacial score (nSPS) is 16.5. The summed E-state index contributed by atoms with van der Waals surface area (Å²) < 4.78 is 13.2. The second kappa shape index (κ2) is 9.65. The minimum Gasteiger partial charge on any atom is -0.314 e. The fourth-order valence-electron chi connectivity index (χ4n) is 2.53. The molecule has 1 fully saturated rings. The molecule has 1 aromatic carbocycles. The maximum Gasteiger partial charge on any atom is 0.124 e. The van der Waals surface area contributed by atoms with E-state index >= 15 is 0 Å². The predicted molar refractivity (Wildman–Crippen MR) is 92.5 cm³/mol. The third-order valence-electron chi connectivity index (χ3n) is 3.46. The largest absolute Gasteiger partial charge is 0.314 e. The third kappa shape index (κ3) is 5.76. The van der Waals surface area contributed by atoms with E-state index in [-0.39, 0.29) is 36.7 Å². The van der Waals surface area contributed by atoms with Crippen LogP contribution >= 0.6 is 36.4 Å². The summed E-state index contributed by atoms with van der Waals surface area (Å²) in [6.45, 7) is 9.93. The minimum absolute atomic E-state index is 0. The van der Waals surface area contributed by atoms with Gasteiger partial charge in [-0.2, -0.15) is 0 Å². The second-order valence-electron chi connectivity index (χ2n) is 5.13. The Morgan fingerprint density at radius 3 is 2.52 bits per heavy atom. The summed E-state index contributed by atoms with van der Waals surface area (Å²) in [6.07, 6.45) is 0.853. The molecule has 6 heteroatoms. The molecule has 1 N–H and O–H groups in total. The number of nitrogens with zero attached hydrogens (tertiary/aromatic N) is 1. The Bertz CT molecular complexity index is 462. The van der Waals surface area contributed by atoms with Gasteiger partial charge in [0.2, 0.25) is 0 Å². The van der Waals surface area contributed by atoms with E-state index in [4.69, 9.17) is 11.6 Å². The van der Waals surface area contributed by atoms with E-state index in [1.807, 2.05) is 6.92 Å². The summed E-state index contributed by atoms with van der Waals surface area (Å²) in [5, 5.41) is 3.85. The zero-order valence-corrected chi connectivity index (χ0v) is 14.5. The second-order valence-corrected chi connectivity index (χ2v) is 5.54. The van der Waals surface area contributed by atoms with Gasteiger partial charge in [0.1, 0.15) is 5.82 Å². The van der Waals surface area contributed by atoms with Gasteiger partial charge < -0.3 is 5.32 Å².